The molecule has 3 nitrogen and oxygen atoms in total. The SMILES string of the molecule is COC(C)C(N)C1CCCOC1. The van der Waals surface area contributed by atoms with Crippen molar-refractivity contribution in [3.8, 4) is 0 Å². The first-order valence-corrected chi connectivity index (χ1v) is 4.62. The van der Waals surface area contributed by atoms with Gasteiger partial charge in [-0.05, 0) is 25.7 Å². The summed E-state index contributed by atoms with van der Waals surface area (Å²) < 4.78 is 10.5. The molecule has 1 aliphatic rings. The second-order valence-electron chi connectivity index (χ2n) is 3.50. The van der Waals surface area contributed by atoms with E-state index in [1.807, 2.05) is 6.92 Å². The van der Waals surface area contributed by atoms with Gasteiger partial charge < -0.3 is 15.2 Å². The third-order valence-corrected chi connectivity index (χ3v) is 2.65. The van der Waals surface area contributed by atoms with E-state index in [1.54, 1.807) is 7.11 Å². The standard InChI is InChI=1S/C9H19NO2/c1-7(11-2)9(10)8-4-3-5-12-6-8/h7-9H,3-6,10H2,1-2H3. The average Bonchev–Trinajstić information content (AvgIpc) is 2.17. The molecule has 12 heavy (non-hydrogen) atoms. The van der Waals surface area contributed by atoms with Crippen LogP contribution in [-0.2, 0) is 9.47 Å². The lowest BCUT2D eigenvalue weighted by Crippen LogP contribution is -2.44. The van der Waals surface area contributed by atoms with Crippen LogP contribution in [0.5, 0.6) is 0 Å². The molecule has 0 amide bonds. The van der Waals surface area contributed by atoms with Crippen LogP contribution in [0.25, 0.3) is 0 Å². The Balaban J connectivity index is 2.33. The Bertz CT molecular complexity index is 124. The highest BCUT2D eigenvalue weighted by molar-refractivity contribution is 4.79. The zero-order valence-corrected chi connectivity index (χ0v) is 7.95. The molecule has 0 bridgehead atoms. The number of methoxy groups -OCH3 is 1. The molecule has 3 unspecified atom stereocenters. The fraction of sp³-hybridized carbons (Fsp3) is 1.00. The second-order valence-corrected chi connectivity index (χ2v) is 3.50. The average molecular weight is 173 g/mol. The van der Waals surface area contributed by atoms with Crippen molar-refractivity contribution in [1.29, 1.82) is 0 Å². The van der Waals surface area contributed by atoms with E-state index in [0.717, 1.165) is 19.6 Å². The van der Waals surface area contributed by atoms with E-state index in [4.69, 9.17) is 15.2 Å². The van der Waals surface area contributed by atoms with Crippen LogP contribution < -0.4 is 5.73 Å². The molecule has 0 aromatic carbocycles. The first kappa shape index (κ1) is 9.96. The molecule has 1 aliphatic heterocycles. The van der Waals surface area contributed by atoms with E-state index >= 15 is 0 Å². The summed E-state index contributed by atoms with van der Waals surface area (Å²) in [5.41, 5.74) is 6.00. The van der Waals surface area contributed by atoms with Crippen LogP contribution in [-0.4, -0.2) is 32.5 Å². The highest BCUT2D eigenvalue weighted by Gasteiger charge is 2.25. The van der Waals surface area contributed by atoms with Gasteiger partial charge in [0.25, 0.3) is 0 Å². The lowest BCUT2D eigenvalue weighted by Gasteiger charge is -2.30. The molecular weight excluding hydrogens is 154 g/mol. The summed E-state index contributed by atoms with van der Waals surface area (Å²) in [6.45, 7) is 3.71. The van der Waals surface area contributed by atoms with Gasteiger partial charge in [-0.15, -0.1) is 0 Å². The van der Waals surface area contributed by atoms with Crippen molar-refractivity contribution in [1.82, 2.24) is 0 Å². The monoisotopic (exact) mass is 173 g/mol. The summed E-state index contributed by atoms with van der Waals surface area (Å²) in [5.74, 6) is 0.480. The van der Waals surface area contributed by atoms with E-state index < -0.39 is 0 Å². The lowest BCUT2D eigenvalue weighted by molar-refractivity contribution is 0.00754. The zero-order valence-electron chi connectivity index (χ0n) is 7.95. The highest BCUT2D eigenvalue weighted by atomic mass is 16.5. The number of hydrogen-bond donors (Lipinski definition) is 1. The van der Waals surface area contributed by atoms with Gasteiger partial charge in [0.15, 0.2) is 0 Å². The van der Waals surface area contributed by atoms with Gasteiger partial charge in [0.2, 0.25) is 0 Å². The summed E-state index contributed by atoms with van der Waals surface area (Å²) in [4.78, 5) is 0. The van der Waals surface area contributed by atoms with Crippen LogP contribution in [0.2, 0.25) is 0 Å². The largest absolute Gasteiger partial charge is 0.381 e. The van der Waals surface area contributed by atoms with E-state index in [9.17, 15) is 0 Å². The maximum atomic E-state index is 6.00. The predicted octanol–water partition coefficient (Wildman–Crippen LogP) is 0.775. The van der Waals surface area contributed by atoms with Gasteiger partial charge in [-0.2, -0.15) is 0 Å². The van der Waals surface area contributed by atoms with Gasteiger partial charge in [-0.1, -0.05) is 0 Å². The van der Waals surface area contributed by atoms with E-state index in [2.05, 4.69) is 0 Å². The Morgan fingerprint density at radius 3 is 2.83 bits per heavy atom. The van der Waals surface area contributed by atoms with Crippen LogP contribution in [0.4, 0.5) is 0 Å². The quantitative estimate of drug-likeness (QED) is 0.685. The van der Waals surface area contributed by atoms with Crippen LogP contribution >= 0.6 is 0 Å². The van der Waals surface area contributed by atoms with Gasteiger partial charge in [0.1, 0.15) is 0 Å². The Kier molecular flexibility index (Phi) is 3.98. The van der Waals surface area contributed by atoms with E-state index in [-0.39, 0.29) is 12.1 Å². The molecule has 0 aliphatic carbocycles. The fourth-order valence-corrected chi connectivity index (χ4v) is 1.61. The Morgan fingerprint density at radius 2 is 2.33 bits per heavy atom. The number of nitrogens with two attached hydrogens (primary N) is 1. The molecule has 0 aromatic rings. The minimum atomic E-state index is 0.121. The van der Waals surface area contributed by atoms with Crippen molar-refractivity contribution in [2.45, 2.75) is 31.9 Å². The summed E-state index contributed by atoms with van der Waals surface area (Å²) in [7, 11) is 1.70. The van der Waals surface area contributed by atoms with Gasteiger partial charge in [0, 0.05) is 19.8 Å². The number of rotatable bonds is 3. The molecular formula is C9H19NO2. The van der Waals surface area contributed by atoms with Crippen molar-refractivity contribution < 1.29 is 9.47 Å². The predicted molar refractivity (Wildman–Crippen MR) is 48.0 cm³/mol. The molecule has 0 saturated carbocycles. The van der Waals surface area contributed by atoms with Crippen LogP contribution in [0.15, 0.2) is 0 Å². The fourth-order valence-electron chi connectivity index (χ4n) is 1.61. The summed E-state index contributed by atoms with van der Waals surface area (Å²) in [5, 5.41) is 0. The minimum Gasteiger partial charge on any atom is -0.381 e. The molecule has 1 saturated heterocycles. The van der Waals surface area contributed by atoms with Crippen LogP contribution in [0.1, 0.15) is 19.8 Å². The van der Waals surface area contributed by atoms with Gasteiger partial charge >= 0.3 is 0 Å². The molecule has 72 valence electrons. The van der Waals surface area contributed by atoms with Crippen molar-refractivity contribution in [2.24, 2.45) is 11.7 Å². The molecule has 3 heteroatoms. The molecule has 3 atom stereocenters. The summed E-state index contributed by atoms with van der Waals surface area (Å²) >= 11 is 0. The van der Waals surface area contributed by atoms with E-state index in [1.165, 1.54) is 6.42 Å². The summed E-state index contributed by atoms with van der Waals surface area (Å²) in [6, 6.07) is 0.121. The van der Waals surface area contributed by atoms with Crippen molar-refractivity contribution in [2.75, 3.05) is 20.3 Å². The highest BCUT2D eigenvalue weighted by Crippen LogP contribution is 2.18. The molecule has 0 spiro atoms. The first-order valence-electron chi connectivity index (χ1n) is 4.62. The Hall–Kier alpha value is -0.120. The third kappa shape index (κ3) is 2.44. The zero-order chi connectivity index (χ0) is 8.97. The lowest BCUT2D eigenvalue weighted by atomic mass is 9.91. The number of hydrogen-bond acceptors (Lipinski definition) is 3. The van der Waals surface area contributed by atoms with Gasteiger partial charge in [0.05, 0.1) is 12.7 Å². The maximum Gasteiger partial charge on any atom is 0.0697 e. The smallest absolute Gasteiger partial charge is 0.0697 e. The third-order valence-electron chi connectivity index (χ3n) is 2.65. The van der Waals surface area contributed by atoms with Gasteiger partial charge in [-0.25, -0.2) is 0 Å². The second kappa shape index (κ2) is 4.80. The van der Waals surface area contributed by atoms with Crippen molar-refractivity contribution >= 4 is 0 Å². The Labute approximate surface area is 74.2 Å². The topological polar surface area (TPSA) is 44.5 Å². The molecule has 1 rings (SSSR count). The molecule has 0 aromatic heterocycles. The Morgan fingerprint density at radius 1 is 1.58 bits per heavy atom. The van der Waals surface area contributed by atoms with Gasteiger partial charge in [-0.3, -0.25) is 0 Å². The van der Waals surface area contributed by atoms with Crippen molar-refractivity contribution in [3.05, 3.63) is 0 Å². The van der Waals surface area contributed by atoms with Crippen LogP contribution in [0.3, 0.4) is 0 Å². The molecule has 0 radical (unpaired) electrons. The normalized spacial score (nSPS) is 29.8. The number of ether oxygens (including phenoxy) is 2. The molecule has 1 heterocycles. The maximum absolute atomic E-state index is 6.00. The van der Waals surface area contributed by atoms with Crippen LogP contribution in [0, 0.1) is 5.92 Å². The van der Waals surface area contributed by atoms with Crippen molar-refractivity contribution in [3.63, 3.8) is 0 Å². The minimum absolute atomic E-state index is 0.121. The summed E-state index contributed by atoms with van der Waals surface area (Å²) in [6.07, 6.45) is 2.45. The molecule has 1 fully saturated rings. The molecule has 2 N–H and O–H groups in total. The van der Waals surface area contributed by atoms with E-state index in [0.29, 0.717) is 5.92 Å². The first-order chi connectivity index (χ1) is 5.75.